The van der Waals surface area contributed by atoms with Gasteiger partial charge in [-0.15, -0.1) is 0 Å². The number of piperazine rings is 1. The Kier molecular flexibility index (Phi) is 8.00. The van der Waals surface area contributed by atoms with Crippen LogP contribution in [0.2, 0.25) is 0 Å². The van der Waals surface area contributed by atoms with Crippen LogP contribution in [-0.4, -0.2) is 47.3 Å². The second-order valence-corrected chi connectivity index (χ2v) is 9.00. The molecule has 1 aliphatic rings. The van der Waals surface area contributed by atoms with Crippen molar-refractivity contribution in [2.75, 3.05) is 19.6 Å². The highest BCUT2D eigenvalue weighted by Crippen LogP contribution is 2.36. The minimum absolute atomic E-state index is 0.00796. The highest BCUT2D eigenvalue weighted by molar-refractivity contribution is 5.96. The van der Waals surface area contributed by atoms with Crippen molar-refractivity contribution in [3.63, 3.8) is 0 Å². The first-order valence-electron chi connectivity index (χ1n) is 11.9. The van der Waals surface area contributed by atoms with Crippen LogP contribution in [0.25, 0.3) is 0 Å². The highest BCUT2D eigenvalue weighted by atomic mass is 19.4. The quantitative estimate of drug-likeness (QED) is 0.315. The van der Waals surface area contributed by atoms with Gasteiger partial charge in [0.05, 0.1) is 17.2 Å². The molecule has 0 bridgehead atoms. The average molecular weight is 544 g/mol. The van der Waals surface area contributed by atoms with Gasteiger partial charge in [-0.25, -0.2) is 0 Å². The van der Waals surface area contributed by atoms with Gasteiger partial charge in [-0.3, -0.25) is 9.59 Å². The smallest absolute Gasteiger partial charge is 0.332 e. The van der Waals surface area contributed by atoms with Crippen LogP contribution in [0.5, 0.6) is 0 Å². The van der Waals surface area contributed by atoms with Crippen molar-refractivity contribution in [3.05, 3.63) is 107 Å². The van der Waals surface area contributed by atoms with Crippen LogP contribution in [0, 0.1) is 11.8 Å². The Labute approximate surface area is 220 Å². The van der Waals surface area contributed by atoms with Gasteiger partial charge in [0.2, 0.25) is 0 Å². The fraction of sp³-hybridized carbons (Fsp3) is 0.241. The Bertz CT molecular complexity index is 1360. The van der Waals surface area contributed by atoms with E-state index in [4.69, 9.17) is 0 Å². The van der Waals surface area contributed by atoms with Crippen LogP contribution >= 0.6 is 0 Å². The number of carbonyl (C=O) groups is 2. The number of hydrogen-bond donors (Lipinski definition) is 0. The Morgan fingerprint density at radius 3 is 1.92 bits per heavy atom. The predicted octanol–water partition coefficient (Wildman–Crippen LogP) is 5.67. The van der Waals surface area contributed by atoms with Gasteiger partial charge in [0, 0.05) is 36.7 Å². The average Bonchev–Trinajstić information content (AvgIpc) is 2.91. The Morgan fingerprint density at radius 2 is 1.36 bits per heavy atom. The Hall–Kier alpha value is -4.26. The van der Waals surface area contributed by atoms with E-state index in [0.29, 0.717) is 17.7 Å². The molecule has 1 fully saturated rings. The number of carbonyl (C=O) groups excluding carboxylic acids is 2. The molecule has 202 valence electrons. The number of amides is 2. The summed E-state index contributed by atoms with van der Waals surface area (Å²) in [4.78, 5) is 28.9. The van der Waals surface area contributed by atoms with Gasteiger partial charge >= 0.3 is 12.4 Å². The molecule has 1 heterocycles. The lowest BCUT2D eigenvalue weighted by Crippen LogP contribution is -2.57. The van der Waals surface area contributed by atoms with Crippen molar-refractivity contribution in [2.24, 2.45) is 0 Å². The van der Waals surface area contributed by atoms with Gasteiger partial charge < -0.3 is 9.80 Å². The van der Waals surface area contributed by atoms with E-state index in [0.717, 1.165) is 5.56 Å². The molecule has 0 saturated carbocycles. The Balaban J connectivity index is 1.64. The first kappa shape index (κ1) is 27.8. The molecule has 0 radical (unpaired) electrons. The normalized spacial score (nSPS) is 15.9. The van der Waals surface area contributed by atoms with Gasteiger partial charge in [0.1, 0.15) is 0 Å². The van der Waals surface area contributed by atoms with E-state index in [1.807, 2.05) is 0 Å². The SMILES string of the molecule is O=C(C#Cc1ccccc1)N1CCN(C(=O)c2cc(C(F)(F)F)cc(C(F)(F)F)c2)[C@H](Cc2ccccc2)C1. The van der Waals surface area contributed by atoms with E-state index in [1.54, 1.807) is 60.7 Å². The first-order valence-corrected chi connectivity index (χ1v) is 11.9. The van der Waals surface area contributed by atoms with Gasteiger partial charge in [-0.2, -0.15) is 26.3 Å². The molecule has 39 heavy (non-hydrogen) atoms. The van der Waals surface area contributed by atoms with E-state index >= 15 is 0 Å². The lowest BCUT2D eigenvalue weighted by molar-refractivity contribution is -0.143. The number of hydrogen-bond acceptors (Lipinski definition) is 2. The van der Waals surface area contributed by atoms with Crippen LogP contribution in [-0.2, 0) is 23.6 Å². The molecule has 3 aromatic carbocycles. The molecule has 0 aliphatic carbocycles. The molecule has 0 N–H and O–H groups in total. The zero-order chi connectivity index (χ0) is 28.2. The van der Waals surface area contributed by atoms with Crippen LogP contribution < -0.4 is 0 Å². The molecule has 2 amide bonds. The summed E-state index contributed by atoms with van der Waals surface area (Å²) in [6, 6.07) is 17.8. The summed E-state index contributed by atoms with van der Waals surface area (Å²) >= 11 is 0. The maximum absolute atomic E-state index is 13.4. The van der Waals surface area contributed by atoms with Crippen molar-refractivity contribution < 1.29 is 35.9 Å². The Morgan fingerprint density at radius 1 is 0.795 bits per heavy atom. The van der Waals surface area contributed by atoms with Crippen molar-refractivity contribution in [3.8, 4) is 11.8 Å². The highest BCUT2D eigenvalue weighted by Gasteiger charge is 2.39. The molecule has 1 atom stereocenters. The van der Waals surface area contributed by atoms with Crippen LogP contribution in [0.3, 0.4) is 0 Å². The topological polar surface area (TPSA) is 40.6 Å². The fourth-order valence-corrected chi connectivity index (χ4v) is 4.34. The van der Waals surface area contributed by atoms with Crippen molar-refractivity contribution in [1.29, 1.82) is 0 Å². The second kappa shape index (κ2) is 11.2. The molecule has 0 spiro atoms. The summed E-state index contributed by atoms with van der Waals surface area (Å²) in [5.41, 5.74) is -2.44. The molecule has 0 aromatic heterocycles. The largest absolute Gasteiger partial charge is 0.416 e. The van der Waals surface area contributed by atoms with Gasteiger partial charge in [-0.1, -0.05) is 54.5 Å². The molecule has 0 unspecified atom stereocenters. The monoisotopic (exact) mass is 544 g/mol. The molecule has 3 aromatic rings. The molecule has 10 heteroatoms. The molecule has 4 rings (SSSR count). The summed E-state index contributed by atoms with van der Waals surface area (Å²) < 4.78 is 80.4. The van der Waals surface area contributed by atoms with Crippen molar-refractivity contribution >= 4 is 11.8 Å². The van der Waals surface area contributed by atoms with Gasteiger partial charge in [-0.05, 0) is 42.3 Å². The second-order valence-electron chi connectivity index (χ2n) is 9.00. The lowest BCUT2D eigenvalue weighted by Gasteiger charge is -2.41. The maximum atomic E-state index is 13.4. The number of rotatable bonds is 3. The number of benzene rings is 3. The molecular formula is C29H22F6N2O2. The van der Waals surface area contributed by atoms with Gasteiger partial charge in [0.25, 0.3) is 11.8 Å². The van der Waals surface area contributed by atoms with E-state index in [2.05, 4.69) is 11.8 Å². The number of nitrogens with zero attached hydrogens (tertiary/aromatic N) is 2. The molecule has 1 aliphatic heterocycles. The maximum Gasteiger partial charge on any atom is 0.416 e. The standard InChI is InChI=1S/C29H22F6N2O2/c30-28(31,32)23-16-22(17-24(18-23)29(33,34)35)27(39)37-14-13-36(19-25(37)15-21-9-5-2-6-10-21)26(38)12-11-20-7-3-1-4-8-20/h1-10,16-18,25H,13-15,19H2/t25-/m1/s1. The zero-order valence-corrected chi connectivity index (χ0v) is 20.4. The molecule has 1 saturated heterocycles. The summed E-state index contributed by atoms with van der Waals surface area (Å²) in [7, 11) is 0. The minimum atomic E-state index is -5.08. The number of halogens is 6. The zero-order valence-electron chi connectivity index (χ0n) is 20.4. The lowest BCUT2D eigenvalue weighted by atomic mass is 9.99. The summed E-state index contributed by atoms with van der Waals surface area (Å²) in [6.07, 6.45) is -9.93. The van der Waals surface area contributed by atoms with E-state index in [-0.39, 0.29) is 32.1 Å². The van der Waals surface area contributed by atoms with Crippen LogP contribution in [0.4, 0.5) is 26.3 Å². The third-order valence-corrected chi connectivity index (χ3v) is 6.27. The van der Waals surface area contributed by atoms with Crippen molar-refractivity contribution in [1.82, 2.24) is 9.80 Å². The fourth-order valence-electron chi connectivity index (χ4n) is 4.34. The van der Waals surface area contributed by atoms with E-state index in [9.17, 15) is 35.9 Å². The molecule has 4 nitrogen and oxygen atoms in total. The predicted molar refractivity (Wildman–Crippen MR) is 131 cm³/mol. The third kappa shape index (κ3) is 6.99. The third-order valence-electron chi connectivity index (χ3n) is 6.27. The van der Waals surface area contributed by atoms with Crippen LogP contribution in [0.15, 0.2) is 78.9 Å². The van der Waals surface area contributed by atoms with E-state index in [1.165, 1.54) is 9.80 Å². The van der Waals surface area contributed by atoms with Crippen molar-refractivity contribution in [2.45, 2.75) is 24.8 Å². The summed E-state index contributed by atoms with van der Waals surface area (Å²) in [5, 5.41) is 0. The summed E-state index contributed by atoms with van der Waals surface area (Å²) in [6.45, 7) is -0.0643. The van der Waals surface area contributed by atoms with Gasteiger partial charge in [0.15, 0.2) is 0 Å². The minimum Gasteiger partial charge on any atom is -0.332 e. The first-order chi connectivity index (χ1) is 18.4. The summed E-state index contributed by atoms with van der Waals surface area (Å²) in [5.74, 6) is 3.86. The number of alkyl halides is 6. The van der Waals surface area contributed by atoms with E-state index < -0.39 is 46.9 Å². The molecular weight excluding hydrogens is 522 g/mol. The van der Waals surface area contributed by atoms with Crippen LogP contribution in [0.1, 0.15) is 32.6 Å².